The highest BCUT2D eigenvalue weighted by Gasteiger charge is 2.44. The van der Waals surface area contributed by atoms with Gasteiger partial charge < -0.3 is 5.11 Å². The van der Waals surface area contributed by atoms with E-state index in [1.807, 2.05) is 0 Å². The lowest BCUT2D eigenvalue weighted by Crippen LogP contribution is -2.46. The summed E-state index contributed by atoms with van der Waals surface area (Å²) in [5.41, 5.74) is 0. The summed E-state index contributed by atoms with van der Waals surface area (Å²) in [6.45, 7) is 5.44. The van der Waals surface area contributed by atoms with Gasteiger partial charge in [-0.25, -0.2) is 12.7 Å². The maximum atomic E-state index is 12.6. The fourth-order valence-electron chi connectivity index (χ4n) is 3.55. The van der Waals surface area contributed by atoms with Gasteiger partial charge >= 0.3 is 5.97 Å². The van der Waals surface area contributed by atoms with E-state index in [0.29, 0.717) is 44.2 Å². The van der Waals surface area contributed by atoms with Crippen LogP contribution in [-0.4, -0.2) is 42.1 Å². The molecule has 0 aromatic heterocycles. The van der Waals surface area contributed by atoms with Crippen LogP contribution < -0.4 is 0 Å². The zero-order valence-electron chi connectivity index (χ0n) is 12.3. The Hall–Kier alpha value is -0.620. The van der Waals surface area contributed by atoms with Crippen molar-refractivity contribution in [2.45, 2.75) is 51.2 Å². The van der Waals surface area contributed by atoms with Crippen molar-refractivity contribution in [2.75, 3.05) is 13.1 Å². The van der Waals surface area contributed by atoms with E-state index in [1.165, 1.54) is 4.31 Å². The normalized spacial score (nSPS) is 29.9. The van der Waals surface area contributed by atoms with Gasteiger partial charge in [0.1, 0.15) is 0 Å². The molecule has 5 nitrogen and oxygen atoms in total. The zero-order chi connectivity index (χ0) is 14.9. The summed E-state index contributed by atoms with van der Waals surface area (Å²) in [5, 5.41) is 8.46. The number of carboxylic acids is 1. The van der Waals surface area contributed by atoms with Crippen molar-refractivity contribution in [1.82, 2.24) is 4.31 Å². The van der Waals surface area contributed by atoms with Crippen LogP contribution in [0.1, 0.15) is 46.0 Å². The molecule has 1 aliphatic heterocycles. The molecule has 1 aliphatic carbocycles. The van der Waals surface area contributed by atoms with Gasteiger partial charge in [0, 0.05) is 13.1 Å². The van der Waals surface area contributed by atoms with E-state index in [0.717, 1.165) is 12.8 Å². The molecule has 0 amide bonds. The van der Waals surface area contributed by atoms with Crippen LogP contribution in [0.2, 0.25) is 0 Å². The van der Waals surface area contributed by atoms with Crippen molar-refractivity contribution >= 4 is 16.0 Å². The third-order valence-electron chi connectivity index (χ3n) is 4.95. The van der Waals surface area contributed by atoms with Crippen LogP contribution in [-0.2, 0) is 14.8 Å². The number of hydrogen-bond donors (Lipinski definition) is 1. The topological polar surface area (TPSA) is 74.7 Å². The van der Waals surface area contributed by atoms with E-state index >= 15 is 0 Å². The van der Waals surface area contributed by atoms with E-state index in [4.69, 9.17) is 0 Å². The van der Waals surface area contributed by atoms with Crippen molar-refractivity contribution < 1.29 is 18.3 Å². The van der Waals surface area contributed by atoms with Crippen molar-refractivity contribution in [2.24, 2.45) is 17.8 Å². The lowest BCUT2D eigenvalue weighted by Gasteiger charge is -2.35. The van der Waals surface area contributed by atoms with Gasteiger partial charge in [0.2, 0.25) is 10.0 Å². The number of carbonyl (C=O) groups is 1. The molecule has 2 fully saturated rings. The van der Waals surface area contributed by atoms with E-state index in [2.05, 4.69) is 13.8 Å². The molecule has 6 heteroatoms. The molecule has 0 bridgehead atoms. The molecule has 20 heavy (non-hydrogen) atoms. The minimum absolute atomic E-state index is 0.488. The second kappa shape index (κ2) is 6.02. The number of hydrogen-bond acceptors (Lipinski definition) is 3. The molecular formula is C14H25NO4S. The Morgan fingerprint density at radius 1 is 1.15 bits per heavy atom. The monoisotopic (exact) mass is 303 g/mol. The standard InChI is InChI=1S/C14H25NO4S/c1-10(2)11-6-8-15(9-7-11)20(18,19)13-5-3-4-12(13)14(16)17/h10-13H,3-9H2,1-2H3,(H,16,17). The summed E-state index contributed by atoms with van der Waals surface area (Å²) in [7, 11) is -3.45. The molecule has 2 rings (SSSR count). The quantitative estimate of drug-likeness (QED) is 0.861. The first kappa shape index (κ1) is 15.8. The molecule has 1 heterocycles. The first-order valence-electron chi connectivity index (χ1n) is 7.55. The Morgan fingerprint density at radius 3 is 2.25 bits per heavy atom. The molecule has 116 valence electrons. The summed E-state index contributed by atoms with van der Waals surface area (Å²) < 4.78 is 26.8. The molecule has 1 saturated heterocycles. The van der Waals surface area contributed by atoms with Gasteiger partial charge in [0.05, 0.1) is 11.2 Å². The molecule has 0 radical (unpaired) electrons. The van der Waals surface area contributed by atoms with Gasteiger partial charge in [0.25, 0.3) is 0 Å². The Balaban J connectivity index is 2.06. The highest BCUT2D eigenvalue weighted by atomic mass is 32.2. The van der Waals surface area contributed by atoms with Crippen LogP contribution >= 0.6 is 0 Å². The van der Waals surface area contributed by atoms with Gasteiger partial charge in [0.15, 0.2) is 0 Å². The number of piperidine rings is 1. The summed E-state index contributed by atoms with van der Waals surface area (Å²) in [6, 6.07) is 0. The summed E-state index contributed by atoms with van der Waals surface area (Å²) in [4.78, 5) is 11.2. The van der Waals surface area contributed by atoms with Crippen LogP contribution in [0.25, 0.3) is 0 Å². The minimum atomic E-state index is -3.45. The molecule has 1 saturated carbocycles. The van der Waals surface area contributed by atoms with Gasteiger partial charge in [-0.3, -0.25) is 4.79 Å². The fraction of sp³-hybridized carbons (Fsp3) is 0.929. The molecule has 1 N–H and O–H groups in total. The third kappa shape index (κ3) is 3.01. The lowest BCUT2D eigenvalue weighted by atomic mass is 9.87. The van der Waals surface area contributed by atoms with E-state index < -0.39 is 27.2 Å². The van der Waals surface area contributed by atoms with Crippen molar-refractivity contribution in [1.29, 1.82) is 0 Å². The maximum Gasteiger partial charge on any atom is 0.307 e. The van der Waals surface area contributed by atoms with Crippen LogP contribution in [0.15, 0.2) is 0 Å². The number of nitrogens with zero attached hydrogens (tertiary/aromatic N) is 1. The smallest absolute Gasteiger partial charge is 0.307 e. The molecular weight excluding hydrogens is 278 g/mol. The largest absolute Gasteiger partial charge is 0.481 e. The second-order valence-electron chi connectivity index (χ2n) is 6.44. The Labute approximate surface area is 121 Å². The van der Waals surface area contributed by atoms with Crippen LogP contribution in [0.4, 0.5) is 0 Å². The van der Waals surface area contributed by atoms with Gasteiger partial charge in [-0.1, -0.05) is 20.3 Å². The molecule has 0 aromatic carbocycles. The van der Waals surface area contributed by atoms with Gasteiger partial charge in [-0.05, 0) is 37.5 Å². The maximum absolute atomic E-state index is 12.6. The molecule has 0 spiro atoms. The summed E-state index contributed by atoms with van der Waals surface area (Å²) >= 11 is 0. The first-order valence-corrected chi connectivity index (χ1v) is 9.06. The Bertz CT molecular complexity index is 452. The Morgan fingerprint density at radius 2 is 1.75 bits per heavy atom. The average Bonchev–Trinajstić information content (AvgIpc) is 2.89. The van der Waals surface area contributed by atoms with E-state index in [1.54, 1.807) is 0 Å². The molecule has 2 unspecified atom stereocenters. The predicted octanol–water partition coefficient (Wildman–Crippen LogP) is 1.94. The highest BCUT2D eigenvalue weighted by Crippen LogP contribution is 2.35. The van der Waals surface area contributed by atoms with Gasteiger partial charge in [-0.2, -0.15) is 0 Å². The number of aliphatic carboxylic acids is 1. The summed E-state index contributed by atoms with van der Waals surface area (Å²) in [5.74, 6) is -0.519. The molecule has 0 aromatic rings. The first-order chi connectivity index (χ1) is 9.34. The van der Waals surface area contributed by atoms with Crippen molar-refractivity contribution in [3.05, 3.63) is 0 Å². The van der Waals surface area contributed by atoms with E-state index in [-0.39, 0.29) is 0 Å². The van der Waals surface area contributed by atoms with Gasteiger partial charge in [-0.15, -0.1) is 0 Å². The van der Waals surface area contributed by atoms with Crippen LogP contribution in [0.5, 0.6) is 0 Å². The second-order valence-corrected chi connectivity index (χ2v) is 8.59. The molecule has 2 aliphatic rings. The van der Waals surface area contributed by atoms with Crippen LogP contribution in [0.3, 0.4) is 0 Å². The average molecular weight is 303 g/mol. The van der Waals surface area contributed by atoms with E-state index in [9.17, 15) is 18.3 Å². The van der Waals surface area contributed by atoms with Crippen LogP contribution in [0, 0.1) is 17.8 Å². The lowest BCUT2D eigenvalue weighted by molar-refractivity contribution is -0.141. The molecule has 2 atom stereocenters. The minimum Gasteiger partial charge on any atom is -0.481 e. The SMILES string of the molecule is CC(C)C1CCN(S(=O)(=O)C2CCCC2C(=O)O)CC1. The Kier molecular flexibility index (Phi) is 4.74. The number of rotatable bonds is 4. The highest BCUT2D eigenvalue weighted by molar-refractivity contribution is 7.89. The zero-order valence-corrected chi connectivity index (χ0v) is 13.1. The van der Waals surface area contributed by atoms with Crippen molar-refractivity contribution in [3.8, 4) is 0 Å². The number of carboxylic acid groups (broad SMARTS) is 1. The summed E-state index contributed by atoms with van der Waals surface area (Å²) in [6.07, 6.45) is 3.46. The fourth-order valence-corrected chi connectivity index (χ4v) is 5.79. The third-order valence-corrected chi connectivity index (χ3v) is 7.37. The van der Waals surface area contributed by atoms with Crippen molar-refractivity contribution in [3.63, 3.8) is 0 Å². The number of sulfonamides is 1. The predicted molar refractivity (Wildman–Crippen MR) is 76.8 cm³/mol.